The topological polar surface area (TPSA) is 57.8 Å². The largest absolute Gasteiger partial charge is 0.465 e. The minimum atomic E-state index is -0.790. The number of amides is 1. The minimum Gasteiger partial charge on any atom is -0.465 e. The van der Waals surface area contributed by atoms with Gasteiger partial charge in [-0.3, -0.25) is 4.99 Å². The van der Waals surface area contributed by atoms with Crippen LogP contribution >= 0.6 is 28.3 Å². The first kappa shape index (κ1) is 16.2. The van der Waals surface area contributed by atoms with Crippen molar-refractivity contribution in [1.29, 1.82) is 0 Å². The van der Waals surface area contributed by atoms with Gasteiger partial charge >= 0.3 is 6.09 Å². The summed E-state index contributed by atoms with van der Waals surface area (Å²) in [7, 11) is 3.85. The molecule has 1 fully saturated rings. The minimum absolute atomic E-state index is 0. The van der Waals surface area contributed by atoms with E-state index in [1.54, 1.807) is 18.4 Å². The van der Waals surface area contributed by atoms with Gasteiger partial charge in [-0.05, 0) is 25.2 Å². The Morgan fingerprint density at radius 2 is 2.16 bits per heavy atom. The second kappa shape index (κ2) is 7.09. The number of nitrogens with zero attached hydrogens (tertiary/aromatic N) is 3. The van der Waals surface area contributed by atoms with Crippen LogP contribution in [0.4, 0.5) is 4.79 Å². The normalized spacial score (nSPS) is 17.4. The zero-order valence-corrected chi connectivity index (χ0v) is 13.7. The molecule has 19 heavy (non-hydrogen) atoms. The summed E-state index contributed by atoms with van der Waals surface area (Å²) in [5, 5.41) is 11.1. The number of carbonyl (C=O) groups is 1. The van der Waals surface area contributed by atoms with Crippen molar-refractivity contribution in [2.24, 2.45) is 18.0 Å². The Morgan fingerprint density at radius 3 is 2.63 bits per heavy atom. The first-order chi connectivity index (χ1) is 8.61. The van der Waals surface area contributed by atoms with E-state index in [-0.39, 0.29) is 17.0 Å². The molecular formula is C12H20BrN3O2S. The van der Waals surface area contributed by atoms with Crippen molar-refractivity contribution in [3.05, 3.63) is 15.9 Å². The van der Waals surface area contributed by atoms with E-state index in [1.165, 1.54) is 10.6 Å². The summed E-state index contributed by atoms with van der Waals surface area (Å²) in [6.07, 6.45) is 2.15. The van der Waals surface area contributed by atoms with Crippen molar-refractivity contribution in [2.45, 2.75) is 19.3 Å². The molecule has 1 N–H and O–H groups in total. The first-order valence-corrected chi connectivity index (χ1v) is 7.04. The second-order valence-corrected chi connectivity index (χ2v) is 5.55. The van der Waals surface area contributed by atoms with Crippen LogP contribution in [0.15, 0.2) is 10.4 Å². The Hall–Kier alpha value is -0.820. The van der Waals surface area contributed by atoms with Crippen LogP contribution in [0.1, 0.15) is 18.5 Å². The lowest BCUT2D eigenvalue weighted by molar-refractivity contribution is 0.124. The molecule has 1 saturated heterocycles. The molecule has 2 rings (SSSR count). The Bertz CT molecular complexity index is 489. The maximum atomic E-state index is 10.8. The van der Waals surface area contributed by atoms with Crippen LogP contribution < -0.4 is 4.80 Å². The van der Waals surface area contributed by atoms with E-state index in [4.69, 9.17) is 5.11 Å². The lowest BCUT2D eigenvalue weighted by Gasteiger charge is -2.29. The van der Waals surface area contributed by atoms with Crippen LogP contribution in [0.5, 0.6) is 0 Å². The van der Waals surface area contributed by atoms with Crippen LogP contribution in [0.3, 0.4) is 0 Å². The molecule has 0 saturated carbocycles. The van der Waals surface area contributed by atoms with Gasteiger partial charge in [0.1, 0.15) is 0 Å². The lowest BCUT2D eigenvalue weighted by atomic mass is 9.92. The Balaban J connectivity index is 0.00000180. The van der Waals surface area contributed by atoms with E-state index < -0.39 is 6.09 Å². The summed E-state index contributed by atoms with van der Waals surface area (Å²) in [6.45, 7) is 1.33. The van der Waals surface area contributed by atoms with Gasteiger partial charge in [-0.25, -0.2) is 4.79 Å². The fourth-order valence-corrected chi connectivity index (χ4v) is 3.29. The zero-order valence-electron chi connectivity index (χ0n) is 11.2. The number of halogens is 1. The summed E-state index contributed by atoms with van der Waals surface area (Å²) in [6, 6.07) is 0. The summed E-state index contributed by atoms with van der Waals surface area (Å²) in [5.41, 5.74) is 1.30. The Kier molecular flexibility index (Phi) is 6.06. The van der Waals surface area contributed by atoms with Crippen molar-refractivity contribution < 1.29 is 9.90 Å². The highest BCUT2D eigenvalue weighted by Gasteiger charge is 2.23. The lowest BCUT2D eigenvalue weighted by Crippen LogP contribution is -2.38. The van der Waals surface area contributed by atoms with Crippen molar-refractivity contribution in [3.8, 4) is 0 Å². The average molecular weight is 350 g/mol. The number of thiazole rings is 1. The number of hydrogen-bond donors (Lipinski definition) is 1. The molecular weight excluding hydrogens is 330 g/mol. The first-order valence-electron chi connectivity index (χ1n) is 6.16. The van der Waals surface area contributed by atoms with Gasteiger partial charge in [0.05, 0.1) is 0 Å². The molecule has 7 heteroatoms. The molecule has 1 aromatic rings. The number of likely N-dealkylation sites (tertiary alicyclic amines) is 1. The average Bonchev–Trinajstić information content (AvgIpc) is 2.71. The van der Waals surface area contributed by atoms with Crippen LogP contribution in [0, 0.1) is 5.92 Å². The molecule has 0 bridgehead atoms. The molecule has 0 aromatic carbocycles. The standard InChI is InChI=1S/C12H19N3O2S.BrH/c1-13-11-14(2)10(8-18-11)7-9-3-5-15(6-4-9)12(16)17;/h8-9H,3-7H2,1-2H3,(H,16,17);1H. The molecule has 1 aliphatic heterocycles. The van der Waals surface area contributed by atoms with Gasteiger partial charge < -0.3 is 14.6 Å². The third-order valence-corrected chi connectivity index (χ3v) is 4.65. The van der Waals surface area contributed by atoms with E-state index in [2.05, 4.69) is 14.9 Å². The third-order valence-electron chi connectivity index (χ3n) is 3.59. The summed E-state index contributed by atoms with van der Waals surface area (Å²) >= 11 is 1.66. The van der Waals surface area contributed by atoms with Crippen molar-refractivity contribution >= 4 is 34.4 Å². The molecule has 1 aliphatic rings. The van der Waals surface area contributed by atoms with Crippen molar-refractivity contribution in [1.82, 2.24) is 9.47 Å². The number of carboxylic acid groups (broad SMARTS) is 1. The maximum Gasteiger partial charge on any atom is 0.407 e. The third kappa shape index (κ3) is 3.82. The molecule has 1 aromatic heterocycles. The predicted octanol–water partition coefficient (Wildman–Crippen LogP) is 2.13. The van der Waals surface area contributed by atoms with Gasteiger partial charge in [0.2, 0.25) is 0 Å². The molecule has 0 aliphatic carbocycles. The molecule has 2 heterocycles. The fourth-order valence-electron chi connectivity index (χ4n) is 2.41. The van der Waals surface area contributed by atoms with Gasteiger partial charge in [-0.2, -0.15) is 0 Å². The van der Waals surface area contributed by atoms with Gasteiger partial charge in [-0.15, -0.1) is 28.3 Å². The molecule has 0 atom stereocenters. The molecule has 5 nitrogen and oxygen atoms in total. The van der Waals surface area contributed by atoms with Gasteiger partial charge in [0.15, 0.2) is 4.80 Å². The molecule has 0 spiro atoms. The van der Waals surface area contributed by atoms with Gasteiger partial charge in [0, 0.05) is 38.3 Å². The maximum absolute atomic E-state index is 10.8. The van der Waals surface area contributed by atoms with Crippen molar-refractivity contribution in [2.75, 3.05) is 20.1 Å². The number of rotatable bonds is 2. The van der Waals surface area contributed by atoms with Gasteiger partial charge in [0.25, 0.3) is 0 Å². The number of aromatic nitrogens is 1. The fraction of sp³-hybridized carbons (Fsp3) is 0.667. The summed E-state index contributed by atoms with van der Waals surface area (Å²) < 4.78 is 2.13. The monoisotopic (exact) mass is 349 g/mol. The van der Waals surface area contributed by atoms with Crippen LogP contribution in [0.25, 0.3) is 0 Å². The van der Waals surface area contributed by atoms with Crippen LogP contribution in [-0.4, -0.2) is 40.8 Å². The van der Waals surface area contributed by atoms with E-state index in [9.17, 15) is 4.79 Å². The van der Waals surface area contributed by atoms with E-state index in [0.717, 1.165) is 24.1 Å². The van der Waals surface area contributed by atoms with Gasteiger partial charge in [-0.1, -0.05) is 0 Å². The molecule has 1 amide bonds. The summed E-state index contributed by atoms with van der Waals surface area (Å²) in [4.78, 5) is 17.6. The van der Waals surface area contributed by atoms with E-state index in [0.29, 0.717) is 19.0 Å². The summed E-state index contributed by atoms with van der Waals surface area (Å²) in [5.74, 6) is 0.589. The Labute approximate surface area is 127 Å². The highest BCUT2D eigenvalue weighted by molar-refractivity contribution is 8.93. The van der Waals surface area contributed by atoms with Crippen LogP contribution in [0.2, 0.25) is 0 Å². The smallest absolute Gasteiger partial charge is 0.407 e. The zero-order chi connectivity index (χ0) is 13.1. The highest BCUT2D eigenvalue weighted by Crippen LogP contribution is 2.21. The number of piperidine rings is 1. The highest BCUT2D eigenvalue weighted by atomic mass is 79.9. The van der Waals surface area contributed by atoms with E-state index in [1.807, 2.05) is 7.05 Å². The number of hydrogen-bond acceptors (Lipinski definition) is 3. The predicted molar refractivity (Wildman–Crippen MR) is 81.1 cm³/mol. The molecule has 0 radical (unpaired) electrons. The Morgan fingerprint density at radius 1 is 1.53 bits per heavy atom. The molecule has 108 valence electrons. The quantitative estimate of drug-likeness (QED) is 0.888. The SMILES string of the molecule is Br.CN=c1scc(CC2CCN(C(=O)O)CC2)n1C. The van der Waals surface area contributed by atoms with Crippen LogP contribution in [-0.2, 0) is 13.5 Å². The van der Waals surface area contributed by atoms with E-state index >= 15 is 0 Å². The second-order valence-electron chi connectivity index (χ2n) is 4.71. The molecule has 0 unspecified atom stereocenters. The van der Waals surface area contributed by atoms with Crippen molar-refractivity contribution in [3.63, 3.8) is 0 Å².